The Kier molecular flexibility index (Phi) is 15.2. The maximum Gasteiger partial charge on any atom is 0.394 e. The monoisotopic (exact) mass is 647 g/mol. The Hall–Kier alpha value is -1.82. The molecule has 45 heavy (non-hydrogen) atoms. The van der Waals surface area contributed by atoms with Crippen molar-refractivity contribution in [3.63, 3.8) is 0 Å². The number of carbonyl (C=O) groups excluding carboxylic acids is 1. The molecule has 9 heteroatoms. The fourth-order valence-corrected chi connectivity index (χ4v) is 5.51. The predicted molar refractivity (Wildman–Crippen MR) is 173 cm³/mol. The van der Waals surface area contributed by atoms with Gasteiger partial charge in [-0.15, -0.1) is 0 Å². The maximum absolute atomic E-state index is 12.1. The van der Waals surface area contributed by atoms with E-state index in [1.54, 1.807) is 13.8 Å². The van der Waals surface area contributed by atoms with E-state index in [4.69, 9.17) is 15.1 Å². The van der Waals surface area contributed by atoms with Crippen molar-refractivity contribution in [2.75, 3.05) is 7.11 Å². The Morgan fingerprint density at radius 2 is 1.09 bits per heavy atom. The van der Waals surface area contributed by atoms with E-state index in [2.05, 4.69) is 47.6 Å². The first-order chi connectivity index (χ1) is 20.0. The van der Waals surface area contributed by atoms with Gasteiger partial charge in [0.05, 0.1) is 40.4 Å². The lowest BCUT2D eigenvalue weighted by Crippen LogP contribution is -2.29. The molecule has 0 bridgehead atoms. The second kappa shape index (κ2) is 15.8. The molecule has 2 N–H and O–H groups in total. The van der Waals surface area contributed by atoms with Gasteiger partial charge in [-0.1, -0.05) is 76.7 Å². The zero-order valence-corrected chi connectivity index (χ0v) is 29.2. The molecule has 264 valence electrons. The number of hydrogen-bond donors (Lipinski definition) is 2. The number of alkyl halides is 3. The minimum Gasteiger partial charge on any atom is -0.481 e. The van der Waals surface area contributed by atoms with Gasteiger partial charge in [-0.3, -0.25) is 9.59 Å². The molecular formula is C36H64F3NO5. The molecule has 0 heterocycles. The van der Waals surface area contributed by atoms with Crippen molar-refractivity contribution in [2.45, 2.75) is 153 Å². The van der Waals surface area contributed by atoms with Crippen molar-refractivity contribution >= 4 is 11.9 Å². The average molecular weight is 648 g/mol. The summed E-state index contributed by atoms with van der Waals surface area (Å²) in [5.74, 6) is 0.863. The number of esters is 1. The van der Waals surface area contributed by atoms with Crippen LogP contribution < -0.4 is 0 Å². The quantitative estimate of drug-likeness (QED) is 0.266. The largest absolute Gasteiger partial charge is 0.481 e. The third-order valence-electron chi connectivity index (χ3n) is 11.2. The molecule has 0 amide bonds. The molecule has 5 aliphatic rings. The smallest absolute Gasteiger partial charge is 0.394 e. The van der Waals surface area contributed by atoms with Crippen LogP contribution in [0.1, 0.15) is 141 Å². The molecular weight excluding hydrogens is 583 g/mol. The highest BCUT2D eigenvalue weighted by molar-refractivity contribution is 5.80. The highest BCUT2D eigenvalue weighted by Crippen LogP contribution is 2.62. The SMILES string of the molecule is C.CC(C)C1(C#N)CC1.CC(C)C1(C(=O)O)CC1.CC(C)C1(C(F)(F)F)CC1.CC(C)C1(O)CC1.COC(=O)C1(C(C)C)CC1. The Balaban J connectivity index is 0.000000538. The topological polar surface area (TPSA) is 108 Å². The summed E-state index contributed by atoms with van der Waals surface area (Å²) in [7, 11) is 1.46. The second-order valence-electron chi connectivity index (χ2n) is 15.4. The van der Waals surface area contributed by atoms with E-state index in [0.717, 1.165) is 51.4 Å². The number of carbonyl (C=O) groups is 2. The first-order valence-electron chi connectivity index (χ1n) is 16.5. The van der Waals surface area contributed by atoms with Crippen molar-refractivity contribution in [3.05, 3.63) is 0 Å². The number of ether oxygens (including phenoxy) is 1. The summed E-state index contributed by atoms with van der Waals surface area (Å²) in [5.41, 5.74) is -1.90. The number of carboxylic acid groups (broad SMARTS) is 1. The second-order valence-corrected chi connectivity index (χ2v) is 15.4. The van der Waals surface area contributed by atoms with E-state index in [1.807, 2.05) is 13.8 Å². The van der Waals surface area contributed by atoms with Crippen LogP contribution in [0.15, 0.2) is 0 Å². The summed E-state index contributed by atoms with van der Waals surface area (Å²) in [6.07, 6.45) is 4.75. The summed E-state index contributed by atoms with van der Waals surface area (Å²) < 4.78 is 41.1. The molecule has 5 aliphatic carbocycles. The Morgan fingerprint density at radius 3 is 1.11 bits per heavy atom. The van der Waals surface area contributed by atoms with Crippen LogP contribution in [0.5, 0.6) is 0 Å². The molecule has 0 radical (unpaired) electrons. The fraction of sp³-hybridized carbons (Fsp3) is 0.917. The summed E-state index contributed by atoms with van der Waals surface area (Å²) in [4.78, 5) is 21.6. The molecule has 5 rings (SSSR count). The van der Waals surface area contributed by atoms with Crippen molar-refractivity contribution in [2.24, 2.45) is 51.2 Å². The molecule has 0 aromatic rings. The number of nitriles is 1. The highest BCUT2D eigenvalue weighted by atomic mass is 19.4. The van der Waals surface area contributed by atoms with Crippen LogP contribution >= 0.6 is 0 Å². The van der Waals surface area contributed by atoms with Crippen LogP contribution in [0.3, 0.4) is 0 Å². The summed E-state index contributed by atoms with van der Waals surface area (Å²) in [5, 5.41) is 26.5. The first kappa shape index (κ1) is 43.2. The van der Waals surface area contributed by atoms with Gasteiger partial charge < -0.3 is 14.9 Å². The third-order valence-corrected chi connectivity index (χ3v) is 11.2. The normalized spacial score (nSPS) is 22.3. The molecule has 0 unspecified atom stereocenters. The number of aliphatic hydroxyl groups is 1. The standard InChI is InChI=1S/C8H14O2.C7H11F3.C7H11N.C7H12O2.C6H12O.CH4/c1-6(2)8(4-5-8)7(9)10-3;1-5(2)6(3-4-6)7(8,9)10;1-6(2)7(5-8)3-4-7;1-5(2)7(3-4-7)6(8)9;1-5(2)6(7)3-4-6;/h6H,4-5H2,1-3H3;5H,3-4H2,1-2H3;6H,3-4H2,1-2H3;5H,3-4H2,1-2H3,(H,8,9);5,7H,3-4H2,1-2H3;1H4. The van der Waals surface area contributed by atoms with Crippen molar-refractivity contribution < 1.29 is 37.7 Å². The van der Waals surface area contributed by atoms with Gasteiger partial charge in [0.1, 0.15) is 0 Å². The number of aliphatic carboxylic acids is 1. The maximum atomic E-state index is 12.1. The van der Waals surface area contributed by atoms with Gasteiger partial charge in [0.25, 0.3) is 0 Å². The van der Waals surface area contributed by atoms with E-state index in [-0.39, 0.29) is 41.2 Å². The summed E-state index contributed by atoms with van der Waals surface area (Å²) in [6.45, 7) is 19.7. The Bertz CT molecular complexity index is 989. The molecule has 0 spiro atoms. The van der Waals surface area contributed by atoms with Crippen LogP contribution in [0.25, 0.3) is 0 Å². The van der Waals surface area contributed by atoms with Gasteiger partial charge in [-0.25, -0.2) is 0 Å². The number of halogens is 3. The van der Waals surface area contributed by atoms with Crippen LogP contribution in [0.4, 0.5) is 13.2 Å². The molecule has 0 atom stereocenters. The van der Waals surface area contributed by atoms with Crippen LogP contribution in [-0.4, -0.2) is 41.0 Å². The number of carboxylic acids is 1. The lowest BCUT2D eigenvalue weighted by molar-refractivity contribution is -0.199. The molecule has 5 fully saturated rings. The number of hydrogen-bond acceptors (Lipinski definition) is 5. The van der Waals surface area contributed by atoms with Crippen LogP contribution in [0.2, 0.25) is 0 Å². The third kappa shape index (κ3) is 10.9. The molecule has 6 nitrogen and oxygen atoms in total. The van der Waals surface area contributed by atoms with Gasteiger partial charge >= 0.3 is 18.1 Å². The number of rotatable bonds is 7. The number of nitrogens with zero attached hydrogens (tertiary/aromatic N) is 1. The lowest BCUT2D eigenvalue weighted by atomic mass is 9.92. The van der Waals surface area contributed by atoms with Gasteiger partial charge in [0.2, 0.25) is 0 Å². The van der Waals surface area contributed by atoms with Gasteiger partial charge in [0, 0.05) is 0 Å². The summed E-state index contributed by atoms with van der Waals surface area (Å²) in [6, 6.07) is 2.35. The van der Waals surface area contributed by atoms with E-state index in [0.29, 0.717) is 36.5 Å². The average Bonchev–Trinajstić information content (AvgIpc) is 3.75. The molecule has 0 saturated heterocycles. The van der Waals surface area contributed by atoms with Crippen molar-refractivity contribution in [3.8, 4) is 6.07 Å². The highest BCUT2D eigenvalue weighted by Gasteiger charge is 2.64. The zero-order valence-electron chi connectivity index (χ0n) is 29.2. The van der Waals surface area contributed by atoms with Gasteiger partial charge in [-0.05, 0) is 93.8 Å². The van der Waals surface area contributed by atoms with Crippen LogP contribution in [-0.2, 0) is 14.3 Å². The molecule has 0 aromatic heterocycles. The van der Waals surface area contributed by atoms with E-state index in [1.165, 1.54) is 7.11 Å². The van der Waals surface area contributed by atoms with Crippen molar-refractivity contribution in [1.82, 2.24) is 0 Å². The lowest BCUT2D eigenvalue weighted by Gasteiger charge is -2.22. The Labute approximate surface area is 271 Å². The molecule has 0 aromatic carbocycles. The van der Waals surface area contributed by atoms with Crippen LogP contribution in [0, 0.1) is 62.6 Å². The summed E-state index contributed by atoms with van der Waals surface area (Å²) >= 11 is 0. The number of methoxy groups -OCH3 is 1. The minimum absolute atomic E-state index is 0. The fourth-order valence-electron chi connectivity index (χ4n) is 5.51. The zero-order chi connectivity index (χ0) is 34.5. The van der Waals surface area contributed by atoms with E-state index >= 15 is 0 Å². The van der Waals surface area contributed by atoms with Crippen molar-refractivity contribution in [1.29, 1.82) is 5.26 Å². The van der Waals surface area contributed by atoms with E-state index in [9.17, 15) is 27.9 Å². The predicted octanol–water partition coefficient (Wildman–Crippen LogP) is 9.84. The minimum atomic E-state index is -3.97. The molecule has 5 saturated carbocycles. The Morgan fingerprint density at radius 1 is 0.689 bits per heavy atom. The van der Waals surface area contributed by atoms with Gasteiger partial charge in [-0.2, -0.15) is 18.4 Å². The molecule has 0 aliphatic heterocycles. The van der Waals surface area contributed by atoms with E-state index < -0.39 is 17.6 Å². The van der Waals surface area contributed by atoms with Gasteiger partial charge in [0.15, 0.2) is 0 Å². The first-order valence-corrected chi connectivity index (χ1v) is 16.5.